The van der Waals surface area contributed by atoms with E-state index in [0.717, 1.165) is 22.4 Å². The number of hydrogen-bond donors (Lipinski definition) is 1. The van der Waals surface area contributed by atoms with E-state index in [0.29, 0.717) is 23.2 Å². The Morgan fingerprint density at radius 3 is 2.33 bits per heavy atom. The minimum Gasteiger partial charge on any atom is -0.441 e. The summed E-state index contributed by atoms with van der Waals surface area (Å²) in [6.07, 6.45) is 0. The van der Waals surface area contributed by atoms with Crippen LogP contribution in [0.15, 0.2) is 59.0 Å². The van der Waals surface area contributed by atoms with Crippen molar-refractivity contribution in [2.24, 2.45) is 0 Å². The fourth-order valence-electron chi connectivity index (χ4n) is 2.40. The molecule has 2 aromatic carbocycles. The van der Waals surface area contributed by atoms with Crippen LogP contribution in [0.5, 0.6) is 0 Å². The average Bonchev–Trinajstić information content (AvgIpc) is 2.97. The van der Waals surface area contributed by atoms with Crippen LogP contribution in [0.4, 0.5) is 0 Å². The minimum absolute atomic E-state index is 0.0176. The van der Waals surface area contributed by atoms with Gasteiger partial charge in [0, 0.05) is 22.1 Å². The van der Waals surface area contributed by atoms with Gasteiger partial charge in [-0.3, -0.25) is 4.21 Å². The molecule has 5 heteroatoms. The third kappa shape index (κ3) is 3.99. The molecule has 24 heavy (non-hydrogen) atoms. The maximum atomic E-state index is 12.4. The first-order valence-electron chi connectivity index (χ1n) is 7.71. The average molecular weight is 341 g/mol. The Morgan fingerprint density at radius 1 is 1.00 bits per heavy atom. The van der Waals surface area contributed by atoms with Crippen molar-refractivity contribution in [2.75, 3.05) is 0 Å². The fourth-order valence-corrected chi connectivity index (χ4v) is 3.64. The van der Waals surface area contributed by atoms with Crippen molar-refractivity contribution in [3.05, 3.63) is 77.2 Å². The molecule has 3 rings (SSSR count). The Labute approximate surface area is 143 Å². The van der Waals surface area contributed by atoms with Gasteiger partial charge >= 0.3 is 0 Å². The van der Waals surface area contributed by atoms with E-state index in [1.54, 1.807) is 0 Å². The summed E-state index contributed by atoms with van der Waals surface area (Å²) in [6, 6.07) is 17.2. The van der Waals surface area contributed by atoms with Crippen LogP contribution < -0.4 is 0 Å². The van der Waals surface area contributed by atoms with Crippen LogP contribution in [0.25, 0.3) is 11.5 Å². The van der Waals surface area contributed by atoms with Gasteiger partial charge in [-0.25, -0.2) is 4.98 Å². The Morgan fingerprint density at radius 2 is 1.67 bits per heavy atom. The highest BCUT2D eigenvalue weighted by atomic mass is 32.2. The molecule has 0 saturated carbocycles. The summed E-state index contributed by atoms with van der Waals surface area (Å²) in [5.41, 5.74) is 3.48. The Kier molecular flexibility index (Phi) is 5.23. The van der Waals surface area contributed by atoms with E-state index in [2.05, 4.69) is 4.98 Å². The van der Waals surface area contributed by atoms with Gasteiger partial charge in [0.25, 0.3) is 0 Å². The van der Waals surface area contributed by atoms with Gasteiger partial charge in [-0.1, -0.05) is 42.5 Å². The molecule has 0 bridgehead atoms. The maximum Gasteiger partial charge on any atom is 0.226 e. The molecule has 0 radical (unpaired) electrons. The zero-order valence-corrected chi connectivity index (χ0v) is 14.3. The molecule has 0 spiro atoms. The Balaban J connectivity index is 1.69. The lowest BCUT2D eigenvalue weighted by Gasteiger charge is -2.02. The van der Waals surface area contributed by atoms with Crippen LogP contribution in [0.2, 0.25) is 0 Å². The predicted molar refractivity (Wildman–Crippen MR) is 94.6 cm³/mol. The highest BCUT2D eigenvalue weighted by Crippen LogP contribution is 2.22. The molecule has 0 saturated heterocycles. The summed E-state index contributed by atoms with van der Waals surface area (Å²) < 4.78 is 18.1. The van der Waals surface area contributed by atoms with Gasteiger partial charge in [-0.05, 0) is 30.2 Å². The van der Waals surface area contributed by atoms with Crippen LogP contribution in [0.3, 0.4) is 0 Å². The van der Waals surface area contributed by atoms with E-state index in [1.807, 2.05) is 61.5 Å². The van der Waals surface area contributed by atoms with Crippen LogP contribution in [-0.2, 0) is 28.9 Å². The lowest BCUT2D eigenvalue weighted by molar-refractivity contribution is 0.282. The van der Waals surface area contributed by atoms with Crippen molar-refractivity contribution in [2.45, 2.75) is 25.0 Å². The molecule has 1 heterocycles. The number of hydrogen-bond acceptors (Lipinski definition) is 4. The monoisotopic (exact) mass is 341 g/mol. The van der Waals surface area contributed by atoms with Gasteiger partial charge < -0.3 is 9.52 Å². The molecule has 0 amide bonds. The highest BCUT2D eigenvalue weighted by Gasteiger charge is 2.14. The molecular weight excluding hydrogens is 322 g/mol. The van der Waals surface area contributed by atoms with Crippen molar-refractivity contribution in [1.29, 1.82) is 0 Å². The molecule has 0 aliphatic rings. The van der Waals surface area contributed by atoms with Gasteiger partial charge in [-0.15, -0.1) is 0 Å². The number of aliphatic hydroxyl groups is 1. The number of aliphatic hydroxyl groups excluding tert-OH is 1. The largest absolute Gasteiger partial charge is 0.441 e. The molecule has 1 N–H and O–H groups in total. The van der Waals surface area contributed by atoms with Crippen molar-refractivity contribution in [3.63, 3.8) is 0 Å². The SMILES string of the molecule is Cc1oc(-c2ccccc2)nc1CS(=O)Cc1ccc(CO)cc1. The normalized spacial score (nSPS) is 12.2. The van der Waals surface area contributed by atoms with E-state index in [-0.39, 0.29) is 6.61 Å². The minimum atomic E-state index is -1.07. The van der Waals surface area contributed by atoms with E-state index in [4.69, 9.17) is 9.52 Å². The van der Waals surface area contributed by atoms with Crippen molar-refractivity contribution in [3.8, 4) is 11.5 Å². The summed E-state index contributed by atoms with van der Waals surface area (Å²) in [6.45, 7) is 1.87. The number of rotatable bonds is 6. The molecule has 0 aliphatic carbocycles. The van der Waals surface area contributed by atoms with Crippen LogP contribution in [0.1, 0.15) is 22.6 Å². The van der Waals surface area contributed by atoms with Gasteiger partial charge in [0.1, 0.15) is 5.76 Å². The van der Waals surface area contributed by atoms with Crippen LogP contribution in [0, 0.1) is 6.92 Å². The Bertz CT molecular complexity index is 826. The van der Waals surface area contributed by atoms with Crippen LogP contribution >= 0.6 is 0 Å². The fraction of sp³-hybridized carbons (Fsp3) is 0.211. The quantitative estimate of drug-likeness (QED) is 0.744. The molecule has 1 aromatic heterocycles. The van der Waals surface area contributed by atoms with Gasteiger partial charge in [-0.2, -0.15) is 0 Å². The summed E-state index contributed by atoms with van der Waals surface area (Å²) in [5, 5.41) is 9.05. The number of oxazole rings is 1. The first-order valence-corrected chi connectivity index (χ1v) is 9.20. The first kappa shape index (κ1) is 16.6. The summed E-state index contributed by atoms with van der Waals surface area (Å²) in [5.74, 6) is 2.09. The van der Waals surface area contributed by atoms with Crippen molar-refractivity contribution in [1.82, 2.24) is 4.98 Å². The molecule has 1 atom stereocenters. The lowest BCUT2D eigenvalue weighted by Crippen LogP contribution is -2.01. The second-order valence-electron chi connectivity index (χ2n) is 5.59. The second-order valence-corrected chi connectivity index (χ2v) is 7.05. The molecule has 1 unspecified atom stereocenters. The molecule has 124 valence electrons. The molecule has 0 fully saturated rings. The summed E-state index contributed by atoms with van der Waals surface area (Å²) in [4.78, 5) is 4.50. The smallest absolute Gasteiger partial charge is 0.226 e. The Hall–Kier alpha value is -2.24. The van der Waals surface area contributed by atoms with Crippen molar-refractivity contribution < 1.29 is 13.7 Å². The molecule has 4 nitrogen and oxygen atoms in total. The lowest BCUT2D eigenvalue weighted by atomic mass is 10.2. The standard InChI is InChI=1S/C19H19NO3S/c1-14-18(20-19(23-14)17-5-3-2-4-6-17)13-24(22)12-16-9-7-15(11-21)8-10-16/h2-10,21H,11-13H2,1H3. The molecule has 0 aliphatic heterocycles. The summed E-state index contributed by atoms with van der Waals surface area (Å²) in [7, 11) is -1.07. The van der Waals surface area contributed by atoms with Gasteiger partial charge in [0.05, 0.1) is 18.1 Å². The van der Waals surface area contributed by atoms with Gasteiger partial charge in [0.2, 0.25) is 5.89 Å². The number of nitrogens with zero attached hydrogens (tertiary/aromatic N) is 1. The molecule has 3 aromatic rings. The van der Waals surface area contributed by atoms with E-state index >= 15 is 0 Å². The second kappa shape index (κ2) is 7.55. The zero-order chi connectivity index (χ0) is 16.9. The number of aromatic nitrogens is 1. The highest BCUT2D eigenvalue weighted by molar-refractivity contribution is 7.83. The predicted octanol–water partition coefficient (Wildman–Crippen LogP) is 3.59. The molecular formula is C19H19NO3S. The van der Waals surface area contributed by atoms with E-state index in [1.165, 1.54) is 0 Å². The van der Waals surface area contributed by atoms with E-state index < -0.39 is 10.8 Å². The zero-order valence-electron chi connectivity index (χ0n) is 13.4. The van der Waals surface area contributed by atoms with Crippen molar-refractivity contribution >= 4 is 10.8 Å². The van der Waals surface area contributed by atoms with E-state index in [9.17, 15) is 4.21 Å². The third-order valence-corrected chi connectivity index (χ3v) is 5.00. The topological polar surface area (TPSA) is 63.3 Å². The first-order chi connectivity index (χ1) is 11.7. The van der Waals surface area contributed by atoms with Crippen LogP contribution in [-0.4, -0.2) is 14.3 Å². The maximum absolute atomic E-state index is 12.4. The van der Waals surface area contributed by atoms with Gasteiger partial charge in [0.15, 0.2) is 0 Å². The number of aryl methyl sites for hydroxylation is 1. The third-order valence-electron chi connectivity index (χ3n) is 3.74. The number of benzene rings is 2. The summed E-state index contributed by atoms with van der Waals surface area (Å²) >= 11 is 0.